The van der Waals surface area contributed by atoms with Crippen LogP contribution in [0.3, 0.4) is 0 Å². The number of aryl methyl sites for hydroxylation is 1. The topological polar surface area (TPSA) is 43.8 Å². The molecule has 0 radical (unpaired) electrons. The van der Waals surface area contributed by atoms with Crippen LogP contribution in [0.1, 0.15) is 22.9 Å². The fourth-order valence-electron chi connectivity index (χ4n) is 2.38. The number of hydrogen-bond acceptors (Lipinski definition) is 2. The summed E-state index contributed by atoms with van der Waals surface area (Å²) in [7, 11) is 0. The molecule has 0 bridgehead atoms. The molecule has 0 fully saturated rings. The highest BCUT2D eigenvalue weighted by molar-refractivity contribution is 5.37. The Morgan fingerprint density at radius 1 is 1.10 bits per heavy atom. The van der Waals surface area contributed by atoms with Crippen molar-refractivity contribution in [1.29, 1.82) is 0 Å². The Hall–Kier alpha value is -2.46. The van der Waals surface area contributed by atoms with Gasteiger partial charge in [-0.25, -0.2) is 9.07 Å². The van der Waals surface area contributed by atoms with E-state index >= 15 is 0 Å². The summed E-state index contributed by atoms with van der Waals surface area (Å²) in [5.41, 5.74) is 9.25. The summed E-state index contributed by atoms with van der Waals surface area (Å²) in [5, 5.41) is 4.29. The van der Waals surface area contributed by atoms with E-state index in [1.54, 1.807) is 16.9 Å². The van der Waals surface area contributed by atoms with Crippen LogP contribution in [-0.2, 0) is 0 Å². The van der Waals surface area contributed by atoms with Crippen molar-refractivity contribution < 1.29 is 4.39 Å². The van der Waals surface area contributed by atoms with Gasteiger partial charge in [-0.3, -0.25) is 0 Å². The van der Waals surface area contributed by atoms with Crippen molar-refractivity contribution in [2.24, 2.45) is 5.73 Å². The number of nitrogens with zero attached hydrogens (tertiary/aromatic N) is 2. The van der Waals surface area contributed by atoms with Crippen LogP contribution in [0.2, 0.25) is 0 Å². The average molecular weight is 281 g/mol. The van der Waals surface area contributed by atoms with E-state index in [4.69, 9.17) is 5.73 Å². The number of aromatic nitrogens is 2. The van der Waals surface area contributed by atoms with Crippen LogP contribution >= 0.6 is 0 Å². The first-order valence-electron chi connectivity index (χ1n) is 6.78. The highest BCUT2D eigenvalue weighted by Gasteiger charge is 2.18. The van der Waals surface area contributed by atoms with Crippen molar-refractivity contribution in [3.05, 3.63) is 83.4 Å². The van der Waals surface area contributed by atoms with Crippen LogP contribution in [0.4, 0.5) is 4.39 Å². The number of hydrogen-bond donors (Lipinski definition) is 1. The van der Waals surface area contributed by atoms with E-state index in [1.165, 1.54) is 6.07 Å². The summed E-state index contributed by atoms with van der Waals surface area (Å²) in [6.45, 7) is 1.85. The third-order valence-electron chi connectivity index (χ3n) is 3.48. The Balaban J connectivity index is 2.03. The third-order valence-corrected chi connectivity index (χ3v) is 3.48. The van der Waals surface area contributed by atoms with Gasteiger partial charge in [-0.15, -0.1) is 0 Å². The highest BCUT2D eigenvalue weighted by Crippen LogP contribution is 2.24. The molecule has 1 atom stereocenters. The number of rotatable bonds is 3. The molecule has 2 N–H and O–H groups in total. The van der Waals surface area contributed by atoms with E-state index in [0.29, 0.717) is 5.56 Å². The van der Waals surface area contributed by atoms with Gasteiger partial charge in [-0.05, 0) is 36.8 Å². The molecule has 0 spiro atoms. The van der Waals surface area contributed by atoms with Crippen molar-refractivity contribution >= 4 is 0 Å². The van der Waals surface area contributed by atoms with Crippen LogP contribution < -0.4 is 5.73 Å². The van der Waals surface area contributed by atoms with Gasteiger partial charge in [0.25, 0.3) is 0 Å². The van der Waals surface area contributed by atoms with E-state index in [-0.39, 0.29) is 5.82 Å². The van der Waals surface area contributed by atoms with Crippen LogP contribution in [0, 0.1) is 12.7 Å². The minimum Gasteiger partial charge on any atom is -0.319 e. The van der Waals surface area contributed by atoms with Gasteiger partial charge in [-0.1, -0.05) is 30.3 Å². The minimum absolute atomic E-state index is 0.289. The van der Waals surface area contributed by atoms with E-state index in [2.05, 4.69) is 5.10 Å². The fraction of sp³-hybridized carbons (Fsp3) is 0.118. The lowest BCUT2D eigenvalue weighted by atomic mass is 10.0. The molecule has 0 aliphatic heterocycles. The maximum absolute atomic E-state index is 14.1. The van der Waals surface area contributed by atoms with E-state index in [0.717, 1.165) is 16.9 Å². The lowest BCUT2D eigenvalue weighted by molar-refractivity contribution is 0.591. The summed E-state index contributed by atoms with van der Waals surface area (Å²) in [4.78, 5) is 0. The molecule has 21 heavy (non-hydrogen) atoms. The zero-order valence-electron chi connectivity index (χ0n) is 11.7. The zero-order chi connectivity index (χ0) is 14.8. The molecule has 4 heteroatoms. The highest BCUT2D eigenvalue weighted by atomic mass is 19.1. The minimum atomic E-state index is -0.562. The van der Waals surface area contributed by atoms with Crippen molar-refractivity contribution in [2.75, 3.05) is 0 Å². The third kappa shape index (κ3) is 2.58. The van der Waals surface area contributed by atoms with Gasteiger partial charge in [0, 0.05) is 11.8 Å². The van der Waals surface area contributed by atoms with Gasteiger partial charge in [0.05, 0.1) is 17.4 Å². The largest absolute Gasteiger partial charge is 0.319 e. The second-order valence-electron chi connectivity index (χ2n) is 5.01. The molecule has 106 valence electrons. The normalized spacial score (nSPS) is 12.3. The summed E-state index contributed by atoms with van der Waals surface area (Å²) in [6.07, 6.45) is 1.67. The molecule has 0 aliphatic carbocycles. The molecule has 0 saturated heterocycles. The van der Waals surface area contributed by atoms with E-state index in [9.17, 15) is 4.39 Å². The summed E-state index contributed by atoms with van der Waals surface area (Å²) in [6, 6.07) is 16.0. The Labute approximate surface area is 122 Å². The Morgan fingerprint density at radius 3 is 2.57 bits per heavy atom. The maximum atomic E-state index is 14.1. The zero-order valence-corrected chi connectivity index (χ0v) is 11.7. The van der Waals surface area contributed by atoms with Gasteiger partial charge in [0.1, 0.15) is 5.82 Å². The van der Waals surface area contributed by atoms with Crippen molar-refractivity contribution in [3.63, 3.8) is 0 Å². The van der Waals surface area contributed by atoms with Gasteiger partial charge in [-0.2, -0.15) is 5.10 Å². The van der Waals surface area contributed by atoms with Crippen molar-refractivity contribution in [1.82, 2.24) is 9.78 Å². The van der Waals surface area contributed by atoms with Gasteiger partial charge < -0.3 is 5.73 Å². The van der Waals surface area contributed by atoms with Gasteiger partial charge in [0.15, 0.2) is 0 Å². The molecule has 0 aliphatic rings. The number of para-hydroxylation sites is 1. The van der Waals surface area contributed by atoms with Crippen LogP contribution in [0.25, 0.3) is 5.69 Å². The first-order valence-corrected chi connectivity index (χ1v) is 6.78. The smallest absolute Gasteiger partial charge is 0.128 e. The molecule has 3 aromatic rings. The summed E-state index contributed by atoms with van der Waals surface area (Å²) >= 11 is 0. The van der Waals surface area contributed by atoms with Gasteiger partial charge >= 0.3 is 0 Å². The number of halogens is 1. The van der Waals surface area contributed by atoms with Crippen LogP contribution in [-0.4, -0.2) is 9.78 Å². The van der Waals surface area contributed by atoms with Crippen LogP contribution in [0.15, 0.2) is 60.8 Å². The molecule has 0 amide bonds. The monoisotopic (exact) mass is 281 g/mol. The molecular formula is C17H16FN3. The first-order chi connectivity index (χ1) is 10.2. The Kier molecular flexibility index (Phi) is 3.54. The number of benzene rings is 2. The van der Waals surface area contributed by atoms with E-state index < -0.39 is 6.04 Å². The second-order valence-corrected chi connectivity index (χ2v) is 5.01. The first kappa shape index (κ1) is 13.5. The summed E-state index contributed by atoms with van der Waals surface area (Å²) < 4.78 is 15.9. The van der Waals surface area contributed by atoms with Crippen LogP contribution in [0.5, 0.6) is 0 Å². The predicted octanol–water partition coefficient (Wildman–Crippen LogP) is 3.37. The SMILES string of the molecule is Cc1ccc(C(N)c2ccnn2-c2ccccc2)c(F)c1. The molecule has 2 aromatic carbocycles. The molecule has 0 saturated carbocycles. The van der Waals surface area contributed by atoms with Crippen molar-refractivity contribution in [2.45, 2.75) is 13.0 Å². The predicted molar refractivity (Wildman–Crippen MR) is 80.7 cm³/mol. The quantitative estimate of drug-likeness (QED) is 0.800. The lowest BCUT2D eigenvalue weighted by Crippen LogP contribution is -2.18. The summed E-state index contributed by atoms with van der Waals surface area (Å²) in [5.74, 6) is -0.289. The molecular weight excluding hydrogens is 265 g/mol. The van der Waals surface area contributed by atoms with E-state index in [1.807, 2.05) is 49.4 Å². The molecule has 1 heterocycles. The fourth-order valence-corrected chi connectivity index (χ4v) is 2.38. The van der Waals surface area contributed by atoms with Gasteiger partial charge in [0.2, 0.25) is 0 Å². The molecule has 1 unspecified atom stereocenters. The lowest BCUT2D eigenvalue weighted by Gasteiger charge is -2.15. The number of nitrogens with two attached hydrogens (primary N) is 1. The molecule has 1 aromatic heterocycles. The maximum Gasteiger partial charge on any atom is 0.128 e. The Morgan fingerprint density at radius 2 is 1.86 bits per heavy atom. The Bertz CT molecular complexity index is 750. The average Bonchev–Trinajstić information content (AvgIpc) is 2.97. The molecule has 3 rings (SSSR count). The van der Waals surface area contributed by atoms with Crippen molar-refractivity contribution in [3.8, 4) is 5.69 Å². The standard InChI is InChI=1S/C17H16FN3/c1-12-7-8-14(15(18)11-12)17(19)16-9-10-20-21(16)13-5-3-2-4-6-13/h2-11,17H,19H2,1H3. The second kappa shape index (κ2) is 5.50. The molecule has 3 nitrogen and oxygen atoms in total.